The number of nitrogens with one attached hydrogen (secondary N) is 1. The van der Waals surface area contributed by atoms with Gasteiger partial charge in [-0.05, 0) is 31.6 Å². The van der Waals surface area contributed by atoms with E-state index in [9.17, 15) is 9.59 Å². The summed E-state index contributed by atoms with van der Waals surface area (Å²) in [7, 11) is 1.95. The molecule has 2 fully saturated rings. The van der Waals surface area contributed by atoms with Crippen LogP contribution in [0.4, 0.5) is 0 Å². The number of imidazole rings is 1. The molecule has 2 aliphatic rings. The summed E-state index contributed by atoms with van der Waals surface area (Å²) in [4.78, 5) is 31.4. The van der Waals surface area contributed by atoms with Crippen LogP contribution < -0.4 is 5.32 Å². The van der Waals surface area contributed by atoms with Gasteiger partial charge in [0, 0.05) is 44.4 Å². The average molecular weight is 346 g/mol. The zero-order valence-corrected chi connectivity index (χ0v) is 15.6. The van der Waals surface area contributed by atoms with Crippen molar-refractivity contribution < 1.29 is 9.59 Å². The summed E-state index contributed by atoms with van der Waals surface area (Å²) >= 11 is 0. The lowest BCUT2D eigenvalue weighted by Gasteiger charge is -2.36. The molecule has 0 spiro atoms. The highest BCUT2D eigenvalue weighted by Crippen LogP contribution is 2.30. The van der Waals surface area contributed by atoms with Crippen molar-refractivity contribution >= 4 is 11.8 Å². The highest BCUT2D eigenvalue weighted by Gasteiger charge is 2.34. The van der Waals surface area contributed by atoms with Gasteiger partial charge in [0.15, 0.2) is 0 Å². The van der Waals surface area contributed by atoms with Crippen LogP contribution in [0.5, 0.6) is 0 Å². The summed E-state index contributed by atoms with van der Waals surface area (Å²) in [5.74, 6) is 1.80. The van der Waals surface area contributed by atoms with Gasteiger partial charge in [0.05, 0.1) is 6.04 Å². The molecule has 6 heteroatoms. The summed E-state index contributed by atoms with van der Waals surface area (Å²) in [6.45, 7) is 5.61. The van der Waals surface area contributed by atoms with Crippen LogP contribution in [0.15, 0.2) is 12.4 Å². The van der Waals surface area contributed by atoms with Crippen molar-refractivity contribution in [3.05, 3.63) is 18.2 Å². The third-order valence-corrected chi connectivity index (χ3v) is 5.73. The molecule has 1 aromatic rings. The lowest BCUT2D eigenvalue weighted by atomic mass is 9.83. The standard InChI is InChI=1S/C19H30N4O2/c1-13(2)16(17-20-9-12-22(17)3)21-18(24)14-7-10-23(11-8-14)19(25)15-5-4-6-15/h9,12-16H,4-8,10-11H2,1-3H3,(H,21,24)/t16-/m1/s1. The fourth-order valence-corrected chi connectivity index (χ4v) is 3.75. The fourth-order valence-electron chi connectivity index (χ4n) is 3.75. The molecule has 2 amide bonds. The Morgan fingerprint density at radius 1 is 1.16 bits per heavy atom. The smallest absolute Gasteiger partial charge is 0.225 e. The topological polar surface area (TPSA) is 67.2 Å². The quantitative estimate of drug-likeness (QED) is 0.889. The van der Waals surface area contributed by atoms with Gasteiger partial charge in [0.2, 0.25) is 11.8 Å². The number of likely N-dealkylation sites (tertiary alicyclic amines) is 1. The zero-order chi connectivity index (χ0) is 18.0. The molecule has 25 heavy (non-hydrogen) atoms. The maximum Gasteiger partial charge on any atom is 0.225 e. The Morgan fingerprint density at radius 3 is 2.32 bits per heavy atom. The van der Waals surface area contributed by atoms with Crippen LogP contribution >= 0.6 is 0 Å². The Kier molecular flexibility index (Phi) is 5.45. The molecule has 138 valence electrons. The van der Waals surface area contributed by atoms with Gasteiger partial charge in [-0.15, -0.1) is 0 Å². The number of rotatable bonds is 5. The second-order valence-corrected chi connectivity index (χ2v) is 7.85. The Balaban J connectivity index is 1.55. The Labute approximate surface area is 150 Å². The Bertz CT molecular complexity index is 613. The van der Waals surface area contributed by atoms with E-state index < -0.39 is 0 Å². The molecule has 1 aliphatic carbocycles. The molecule has 6 nitrogen and oxygen atoms in total. The normalized spacial score (nSPS) is 20.4. The second-order valence-electron chi connectivity index (χ2n) is 7.85. The number of hydrogen-bond acceptors (Lipinski definition) is 3. The van der Waals surface area contributed by atoms with Gasteiger partial charge in [-0.3, -0.25) is 9.59 Å². The van der Waals surface area contributed by atoms with E-state index in [2.05, 4.69) is 24.1 Å². The van der Waals surface area contributed by atoms with E-state index in [1.807, 2.05) is 22.7 Å². The first-order valence-electron chi connectivity index (χ1n) is 9.53. The van der Waals surface area contributed by atoms with E-state index in [1.54, 1.807) is 6.20 Å². The zero-order valence-electron chi connectivity index (χ0n) is 15.6. The first-order chi connectivity index (χ1) is 12.0. The van der Waals surface area contributed by atoms with Crippen LogP contribution in [0.1, 0.15) is 57.8 Å². The minimum atomic E-state index is -0.0814. The number of aryl methyl sites for hydroxylation is 1. The molecule has 1 N–H and O–H groups in total. The van der Waals surface area contributed by atoms with Crippen LogP contribution in [0, 0.1) is 17.8 Å². The van der Waals surface area contributed by atoms with Gasteiger partial charge in [-0.1, -0.05) is 20.3 Å². The van der Waals surface area contributed by atoms with Gasteiger partial charge >= 0.3 is 0 Å². The van der Waals surface area contributed by atoms with Crippen molar-refractivity contribution in [2.45, 2.75) is 52.0 Å². The second kappa shape index (κ2) is 7.58. The summed E-state index contributed by atoms with van der Waals surface area (Å²) in [5, 5.41) is 3.19. The lowest BCUT2D eigenvalue weighted by molar-refractivity contribution is -0.141. The minimum absolute atomic E-state index is 0.00745. The van der Waals surface area contributed by atoms with Crippen LogP contribution in [0.25, 0.3) is 0 Å². The van der Waals surface area contributed by atoms with Crippen LogP contribution in [0.3, 0.4) is 0 Å². The van der Waals surface area contributed by atoms with E-state index in [0.29, 0.717) is 19.0 Å². The van der Waals surface area contributed by atoms with E-state index in [4.69, 9.17) is 0 Å². The van der Waals surface area contributed by atoms with E-state index in [1.165, 1.54) is 6.42 Å². The maximum atomic E-state index is 12.7. The number of carbonyl (C=O) groups is 2. The van der Waals surface area contributed by atoms with E-state index in [-0.39, 0.29) is 29.7 Å². The number of amides is 2. The number of nitrogens with zero attached hydrogens (tertiary/aromatic N) is 3. The van der Waals surface area contributed by atoms with Crippen molar-refractivity contribution in [3.8, 4) is 0 Å². The minimum Gasteiger partial charge on any atom is -0.346 e. The molecular formula is C19H30N4O2. The molecule has 1 aromatic heterocycles. The largest absolute Gasteiger partial charge is 0.346 e. The highest BCUT2D eigenvalue weighted by molar-refractivity contribution is 5.81. The van der Waals surface area contributed by atoms with Crippen molar-refractivity contribution in [2.24, 2.45) is 24.8 Å². The highest BCUT2D eigenvalue weighted by atomic mass is 16.2. The molecule has 0 bridgehead atoms. The number of aromatic nitrogens is 2. The molecule has 0 unspecified atom stereocenters. The Hall–Kier alpha value is -1.85. The molecule has 3 rings (SSSR count). The van der Waals surface area contributed by atoms with Gasteiger partial charge in [-0.2, -0.15) is 0 Å². The number of carbonyl (C=O) groups excluding carboxylic acids is 2. The van der Waals surface area contributed by atoms with Gasteiger partial charge in [-0.25, -0.2) is 4.98 Å². The molecule has 1 saturated carbocycles. The van der Waals surface area contributed by atoms with Gasteiger partial charge in [0.25, 0.3) is 0 Å². The summed E-state index contributed by atoms with van der Waals surface area (Å²) in [6.07, 6.45) is 8.45. The molecule has 1 atom stereocenters. The molecule has 1 aliphatic heterocycles. The molecule has 1 saturated heterocycles. The van der Waals surface area contributed by atoms with Crippen molar-refractivity contribution in [1.82, 2.24) is 19.8 Å². The fraction of sp³-hybridized carbons (Fsp3) is 0.737. The van der Waals surface area contributed by atoms with Crippen molar-refractivity contribution in [2.75, 3.05) is 13.1 Å². The first-order valence-corrected chi connectivity index (χ1v) is 9.53. The summed E-state index contributed by atoms with van der Waals surface area (Å²) in [5.41, 5.74) is 0. The SMILES string of the molecule is CC(C)[C@@H](NC(=O)C1CCN(C(=O)C2CCC2)CC1)c1nccn1C. The summed E-state index contributed by atoms with van der Waals surface area (Å²) < 4.78 is 1.96. The maximum absolute atomic E-state index is 12.7. The van der Waals surface area contributed by atoms with Crippen LogP contribution in [-0.4, -0.2) is 39.4 Å². The molecule has 0 aromatic carbocycles. The summed E-state index contributed by atoms with van der Waals surface area (Å²) in [6, 6.07) is -0.0814. The lowest BCUT2D eigenvalue weighted by Crippen LogP contribution is -2.47. The number of hydrogen-bond donors (Lipinski definition) is 1. The first kappa shape index (κ1) is 18.0. The number of piperidine rings is 1. The predicted molar refractivity (Wildman–Crippen MR) is 95.6 cm³/mol. The average Bonchev–Trinajstić information content (AvgIpc) is 2.96. The molecular weight excluding hydrogens is 316 g/mol. The Morgan fingerprint density at radius 2 is 1.84 bits per heavy atom. The molecule has 2 heterocycles. The molecule has 0 radical (unpaired) electrons. The third kappa shape index (κ3) is 3.88. The van der Waals surface area contributed by atoms with Crippen molar-refractivity contribution in [1.29, 1.82) is 0 Å². The van der Waals surface area contributed by atoms with Crippen molar-refractivity contribution in [3.63, 3.8) is 0 Å². The monoisotopic (exact) mass is 346 g/mol. The van der Waals surface area contributed by atoms with Gasteiger partial charge < -0.3 is 14.8 Å². The van der Waals surface area contributed by atoms with Crippen LogP contribution in [0.2, 0.25) is 0 Å². The van der Waals surface area contributed by atoms with E-state index in [0.717, 1.165) is 31.5 Å². The van der Waals surface area contributed by atoms with E-state index >= 15 is 0 Å². The van der Waals surface area contributed by atoms with Crippen LogP contribution in [-0.2, 0) is 16.6 Å². The third-order valence-electron chi connectivity index (χ3n) is 5.73. The van der Waals surface area contributed by atoms with Gasteiger partial charge in [0.1, 0.15) is 5.82 Å². The predicted octanol–water partition coefficient (Wildman–Crippen LogP) is 2.27.